The molecule has 0 atom stereocenters. The van der Waals surface area contributed by atoms with Crippen molar-refractivity contribution in [2.45, 2.75) is 13.0 Å². The molecule has 0 aliphatic rings. The van der Waals surface area contributed by atoms with E-state index in [-0.39, 0.29) is 59.8 Å². The smallest absolute Gasteiger partial charge is 0.478 e. The van der Waals surface area contributed by atoms with Crippen molar-refractivity contribution in [1.29, 1.82) is 0 Å². The van der Waals surface area contributed by atoms with Crippen LogP contribution >= 0.6 is 0 Å². The van der Waals surface area contributed by atoms with Crippen molar-refractivity contribution in [1.82, 2.24) is 9.80 Å². The molecule has 2 amide bonds. The number of para-hydroxylation sites is 2. The third kappa shape index (κ3) is 10.3. The predicted molar refractivity (Wildman–Crippen MR) is 175 cm³/mol. The van der Waals surface area contributed by atoms with Crippen LogP contribution in [0, 0.1) is 0 Å². The first-order valence-corrected chi connectivity index (χ1v) is 15.0. The van der Waals surface area contributed by atoms with E-state index in [0.29, 0.717) is 0 Å². The Bertz CT molecular complexity index is 1820. The minimum Gasteiger partial charge on any atom is -0.478 e. The van der Waals surface area contributed by atoms with Crippen LogP contribution in [0.4, 0.5) is 19.2 Å². The van der Waals surface area contributed by atoms with Crippen molar-refractivity contribution >= 4 is 42.4 Å². The van der Waals surface area contributed by atoms with Crippen LogP contribution in [-0.4, -0.2) is 106 Å². The van der Waals surface area contributed by atoms with Gasteiger partial charge in [0.25, 0.3) is 11.8 Å². The maximum atomic E-state index is 14.2. The van der Waals surface area contributed by atoms with Crippen LogP contribution < -0.4 is 18.9 Å². The van der Waals surface area contributed by atoms with E-state index < -0.39 is 53.9 Å². The van der Waals surface area contributed by atoms with Crippen molar-refractivity contribution < 1.29 is 76.6 Å². The number of nitrogens with zero attached hydrogens (tertiary/aromatic N) is 2. The number of carboxylic acids is 1. The second kappa shape index (κ2) is 18.8. The van der Waals surface area contributed by atoms with Gasteiger partial charge in [0.05, 0.1) is 45.1 Å². The Balaban J connectivity index is 1.97. The standard InChI is InChI=1S/C34H34N2O16/c1-35(28(37)22-13-8-15-24(49-31(41)45-2)26(22)51-33(43)47-4)17-10-18-36(19-20-11-6-7-12-21(20)30(39)40)29(38)23-14-9-16-25(50-32(42)46-3)27(23)52-34(44)48-5/h6-9,11-16H,10,17-19H2,1-5H3,(H,39,40). The summed E-state index contributed by atoms with van der Waals surface area (Å²) in [7, 11) is 5.57. The highest BCUT2D eigenvalue weighted by Gasteiger charge is 2.28. The van der Waals surface area contributed by atoms with Crippen molar-refractivity contribution in [2.75, 3.05) is 48.6 Å². The third-order valence-electron chi connectivity index (χ3n) is 7.01. The zero-order valence-corrected chi connectivity index (χ0v) is 28.6. The van der Waals surface area contributed by atoms with Gasteiger partial charge in [-0.05, 0) is 42.3 Å². The summed E-state index contributed by atoms with van der Waals surface area (Å²) in [5.41, 5.74) is -0.300. The summed E-state index contributed by atoms with van der Waals surface area (Å²) >= 11 is 0. The molecule has 0 aromatic heterocycles. The minimum atomic E-state index is -1.25. The number of hydrogen-bond donors (Lipinski definition) is 1. The quantitative estimate of drug-likeness (QED) is 0.142. The molecule has 0 radical (unpaired) electrons. The molecule has 0 heterocycles. The first-order chi connectivity index (χ1) is 24.8. The summed E-state index contributed by atoms with van der Waals surface area (Å²) < 4.78 is 38.5. The second-order valence-electron chi connectivity index (χ2n) is 10.3. The summed E-state index contributed by atoms with van der Waals surface area (Å²) in [6, 6.07) is 13.8. The molecule has 18 nitrogen and oxygen atoms in total. The van der Waals surface area contributed by atoms with Crippen LogP contribution in [0.1, 0.15) is 43.1 Å². The molecule has 0 spiro atoms. The maximum absolute atomic E-state index is 14.2. The molecule has 0 aliphatic heterocycles. The Morgan fingerprint density at radius 3 is 1.48 bits per heavy atom. The number of aromatic carboxylic acids is 1. The van der Waals surface area contributed by atoms with Gasteiger partial charge in [0.15, 0.2) is 23.0 Å². The molecule has 18 heteroatoms. The number of carboxylic acid groups (broad SMARTS) is 1. The fourth-order valence-corrected chi connectivity index (χ4v) is 4.55. The van der Waals surface area contributed by atoms with E-state index in [0.717, 1.165) is 28.4 Å². The SMILES string of the molecule is COC(=O)Oc1cccc(C(=O)N(C)CCCN(Cc2ccccc2C(=O)O)C(=O)c2cccc(OC(=O)OC)c2OC(=O)OC)c1OC(=O)OC. The average Bonchev–Trinajstić information content (AvgIpc) is 3.14. The highest BCUT2D eigenvalue weighted by Crippen LogP contribution is 2.35. The molecule has 3 rings (SSSR count). The van der Waals surface area contributed by atoms with Gasteiger partial charge in [-0.15, -0.1) is 0 Å². The number of carbonyl (C=O) groups is 7. The van der Waals surface area contributed by atoms with Crippen LogP contribution in [0.3, 0.4) is 0 Å². The number of amides is 2. The van der Waals surface area contributed by atoms with Crippen LogP contribution in [-0.2, 0) is 25.5 Å². The molecule has 0 aliphatic carbocycles. The maximum Gasteiger partial charge on any atom is 0.513 e. The highest BCUT2D eigenvalue weighted by atomic mass is 16.8. The Morgan fingerprint density at radius 1 is 0.558 bits per heavy atom. The number of methoxy groups -OCH3 is 4. The molecule has 0 saturated heterocycles. The van der Waals surface area contributed by atoms with Crippen LogP contribution in [0.5, 0.6) is 23.0 Å². The van der Waals surface area contributed by atoms with Crippen LogP contribution in [0.25, 0.3) is 0 Å². The molecule has 0 unspecified atom stereocenters. The van der Waals surface area contributed by atoms with Crippen molar-refractivity contribution in [3.05, 3.63) is 82.9 Å². The van der Waals surface area contributed by atoms with E-state index in [1.165, 1.54) is 71.4 Å². The minimum absolute atomic E-state index is 0.0278. The number of carbonyl (C=O) groups excluding carboxylic acids is 6. The van der Waals surface area contributed by atoms with Gasteiger partial charge in [-0.3, -0.25) is 9.59 Å². The Morgan fingerprint density at radius 2 is 1.00 bits per heavy atom. The molecule has 0 fully saturated rings. The topological polar surface area (TPSA) is 220 Å². The fraction of sp³-hybridized carbons (Fsp3) is 0.265. The van der Waals surface area contributed by atoms with E-state index in [1.54, 1.807) is 6.07 Å². The first-order valence-electron chi connectivity index (χ1n) is 15.0. The first kappa shape index (κ1) is 39.6. The Hall–Kier alpha value is -6.85. The van der Waals surface area contributed by atoms with Crippen LogP contribution in [0.15, 0.2) is 60.7 Å². The number of benzene rings is 3. The zero-order valence-electron chi connectivity index (χ0n) is 28.6. The molecule has 1 N–H and O–H groups in total. The summed E-state index contributed by atoms with van der Waals surface area (Å²) in [6.07, 6.45) is -4.69. The average molecular weight is 727 g/mol. The Labute approximate surface area is 296 Å². The van der Waals surface area contributed by atoms with E-state index in [4.69, 9.17) is 18.9 Å². The number of ether oxygens (including phenoxy) is 8. The van der Waals surface area contributed by atoms with Gasteiger partial charge in [0.1, 0.15) is 0 Å². The molecule has 3 aromatic rings. The molecule has 0 saturated carbocycles. The van der Waals surface area contributed by atoms with Gasteiger partial charge >= 0.3 is 30.6 Å². The van der Waals surface area contributed by atoms with Gasteiger partial charge in [-0.1, -0.05) is 30.3 Å². The molecule has 0 bridgehead atoms. The van der Waals surface area contributed by atoms with E-state index in [2.05, 4.69) is 18.9 Å². The lowest BCUT2D eigenvalue weighted by Crippen LogP contribution is -2.35. The highest BCUT2D eigenvalue weighted by molar-refractivity contribution is 6.00. The Kier molecular flexibility index (Phi) is 14.3. The normalized spacial score (nSPS) is 10.2. The van der Waals surface area contributed by atoms with Crippen molar-refractivity contribution in [2.24, 2.45) is 0 Å². The molecule has 52 heavy (non-hydrogen) atoms. The van der Waals surface area contributed by atoms with Crippen molar-refractivity contribution in [3.8, 4) is 23.0 Å². The molecular weight excluding hydrogens is 692 g/mol. The predicted octanol–water partition coefficient (Wildman–Crippen LogP) is 4.77. The van der Waals surface area contributed by atoms with Crippen molar-refractivity contribution in [3.63, 3.8) is 0 Å². The van der Waals surface area contributed by atoms with Gasteiger partial charge in [-0.25, -0.2) is 24.0 Å². The lowest BCUT2D eigenvalue weighted by Gasteiger charge is -2.26. The summed E-state index contributed by atoms with van der Waals surface area (Å²) in [4.78, 5) is 90.1. The summed E-state index contributed by atoms with van der Waals surface area (Å²) in [6.45, 7) is -0.399. The van der Waals surface area contributed by atoms with E-state index in [1.807, 2.05) is 0 Å². The third-order valence-corrected chi connectivity index (χ3v) is 7.01. The number of hydrogen-bond acceptors (Lipinski definition) is 15. The summed E-state index contributed by atoms with van der Waals surface area (Å²) in [5.74, 6) is -4.31. The largest absolute Gasteiger partial charge is 0.513 e. The summed E-state index contributed by atoms with van der Waals surface area (Å²) in [5, 5.41) is 9.79. The van der Waals surface area contributed by atoms with Gasteiger partial charge in [0.2, 0.25) is 0 Å². The molecule has 3 aromatic carbocycles. The molecule has 276 valence electrons. The lowest BCUT2D eigenvalue weighted by molar-refractivity contribution is 0.0673. The van der Waals surface area contributed by atoms with Gasteiger partial charge in [-0.2, -0.15) is 0 Å². The zero-order chi connectivity index (χ0) is 38.4. The van der Waals surface area contributed by atoms with E-state index >= 15 is 0 Å². The van der Waals surface area contributed by atoms with Gasteiger partial charge in [0, 0.05) is 26.7 Å². The monoisotopic (exact) mass is 726 g/mol. The second-order valence-corrected chi connectivity index (χ2v) is 10.3. The fourth-order valence-electron chi connectivity index (χ4n) is 4.55. The lowest BCUT2D eigenvalue weighted by atomic mass is 10.1. The van der Waals surface area contributed by atoms with Gasteiger partial charge < -0.3 is 52.8 Å². The van der Waals surface area contributed by atoms with Crippen LogP contribution in [0.2, 0.25) is 0 Å². The molecular formula is C34H34N2O16. The van der Waals surface area contributed by atoms with E-state index in [9.17, 15) is 38.7 Å². The number of rotatable bonds is 13.